The number of hydrogen-bond acceptors (Lipinski definition) is 1. The topological polar surface area (TPSA) is 8.17 Å². The van der Waals surface area contributed by atoms with E-state index in [1.807, 2.05) is 0 Å². The quantitative estimate of drug-likeness (QED) is 0.150. The molecule has 0 fully saturated rings. The normalized spacial score (nSPS) is 11.3. The molecule has 0 saturated heterocycles. The summed E-state index contributed by atoms with van der Waals surface area (Å²) in [5.41, 5.74) is 16.4. The van der Waals surface area contributed by atoms with Crippen LogP contribution in [0.3, 0.4) is 0 Å². The average molecular weight is 765 g/mol. The molecule has 0 bridgehead atoms. The van der Waals surface area contributed by atoms with E-state index in [1.165, 1.54) is 66.0 Å². The Morgan fingerprint density at radius 1 is 0.283 bits per heavy atom. The van der Waals surface area contributed by atoms with Gasteiger partial charge < -0.3 is 9.47 Å². The molecule has 2 heteroatoms. The van der Waals surface area contributed by atoms with Gasteiger partial charge in [-0.2, -0.15) is 0 Å². The molecule has 0 amide bonds. The van der Waals surface area contributed by atoms with E-state index in [2.05, 4.69) is 252 Å². The third-order valence-electron chi connectivity index (χ3n) is 11.8. The van der Waals surface area contributed by atoms with E-state index in [4.69, 9.17) is 0 Å². The minimum Gasteiger partial charge on any atom is -0.310 e. The summed E-state index contributed by atoms with van der Waals surface area (Å²) in [6.45, 7) is 0. The largest absolute Gasteiger partial charge is 0.310 e. The third kappa shape index (κ3) is 6.32. The first-order valence-corrected chi connectivity index (χ1v) is 20.6. The summed E-state index contributed by atoms with van der Waals surface area (Å²) in [4.78, 5) is 2.39. The van der Waals surface area contributed by atoms with E-state index >= 15 is 0 Å². The van der Waals surface area contributed by atoms with Gasteiger partial charge in [0.2, 0.25) is 0 Å². The Bertz CT molecular complexity index is 3230. The second-order valence-electron chi connectivity index (χ2n) is 15.3. The predicted octanol–water partition coefficient (Wildman–Crippen LogP) is 16.1. The van der Waals surface area contributed by atoms with Crippen molar-refractivity contribution in [2.75, 3.05) is 4.90 Å². The van der Waals surface area contributed by atoms with E-state index < -0.39 is 0 Å². The van der Waals surface area contributed by atoms with Gasteiger partial charge in [0.15, 0.2) is 0 Å². The first kappa shape index (κ1) is 35.2. The standard InChI is InChI=1S/C58H40N2/c1-3-16-41(17-4-1)46-38-47(40-50(39-46)60-57-27-13-11-25-54(57)55-26-12-14-28-58(55)60)42-30-34-48(35-31-42)59(56-29-15-21-44-20-7-8-24-53(44)56)49-36-32-45(33-37-49)52-23-10-9-22-51(52)43-18-5-2-6-19-43/h1-40H. The maximum absolute atomic E-state index is 2.42. The van der Waals surface area contributed by atoms with E-state index in [1.54, 1.807) is 0 Å². The first-order chi connectivity index (χ1) is 29.8. The molecule has 0 unspecified atom stereocenters. The van der Waals surface area contributed by atoms with Gasteiger partial charge in [-0.3, -0.25) is 0 Å². The summed E-state index contributed by atoms with van der Waals surface area (Å²) < 4.78 is 2.42. The predicted molar refractivity (Wildman–Crippen MR) is 255 cm³/mol. The minimum absolute atomic E-state index is 1.09. The van der Waals surface area contributed by atoms with Gasteiger partial charge in [-0.25, -0.2) is 0 Å². The van der Waals surface area contributed by atoms with Crippen molar-refractivity contribution in [3.8, 4) is 50.2 Å². The van der Waals surface area contributed by atoms with Crippen molar-refractivity contribution in [1.29, 1.82) is 0 Å². The lowest BCUT2D eigenvalue weighted by molar-refractivity contribution is 1.18. The zero-order chi connectivity index (χ0) is 39.8. The maximum Gasteiger partial charge on any atom is 0.0541 e. The summed E-state index contributed by atoms with van der Waals surface area (Å²) in [6, 6.07) is 87.9. The van der Waals surface area contributed by atoms with E-state index in [0.29, 0.717) is 0 Å². The number of para-hydroxylation sites is 2. The van der Waals surface area contributed by atoms with Crippen molar-refractivity contribution in [3.05, 3.63) is 243 Å². The molecule has 2 nitrogen and oxygen atoms in total. The average Bonchev–Trinajstić information content (AvgIpc) is 3.67. The molecule has 0 aliphatic carbocycles. The van der Waals surface area contributed by atoms with Gasteiger partial charge >= 0.3 is 0 Å². The fourth-order valence-electron chi connectivity index (χ4n) is 8.93. The third-order valence-corrected chi connectivity index (χ3v) is 11.8. The number of aromatic nitrogens is 1. The highest BCUT2D eigenvalue weighted by molar-refractivity contribution is 6.09. The molecule has 0 spiro atoms. The summed E-state index contributed by atoms with van der Waals surface area (Å²) in [7, 11) is 0. The molecule has 0 aliphatic rings. The second-order valence-corrected chi connectivity index (χ2v) is 15.3. The number of anilines is 3. The molecule has 10 aromatic carbocycles. The number of benzene rings is 10. The van der Waals surface area contributed by atoms with Gasteiger partial charge in [-0.05, 0) is 111 Å². The molecule has 0 radical (unpaired) electrons. The van der Waals surface area contributed by atoms with Crippen LogP contribution in [0, 0.1) is 0 Å². The number of fused-ring (bicyclic) bond motifs is 4. The van der Waals surface area contributed by atoms with Gasteiger partial charge in [0.25, 0.3) is 0 Å². The molecular weight excluding hydrogens is 725 g/mol. The van der Waals surface area contributed by atoms with Gasteiger partial charge in [0, 0.05) is 33.2 Å². The van der Waals surface area contributed by atoms with Crippen LogP contribution in [0.25, 0.3) is 82.8 Å². The van der Waals surface area contributed by atoms with Crippen LogP contribution >= 0.6 is 0 Å². The summed E-state index contributed by atoms with van der Waals surface area (Å²) in [5, 5.41) is 4.92. The molecule has 1 heterocycles. The van der Waals surface area contributed by atoms with E-state index in [9.17, 15) is 0 Å². The minimum atomic E-state index is 1.09. The SMILES string of the molecule is c1ccc(-c2cc(-c3ccc(N(c4ccc(-c5ccccc5-c5ccccc5)cc4)c4cccc5ccccc45)cc3)cc(-n3c4ccccc4c4ccccc43)c2)cc1. The molecule has 60 heavy (non-hydrogen) atoms. The van der Waals surface area contributed by atoms with Crippen LogP contribution in [0.2, 0.25) is 0 Å². The Labute approximate surface area is 350 Å². The lowest BCUT2D eigenvalue weighted by Gasteiger charge is -2.27. The number of hydrogen-bond donors (Lipinski definition) is 0. The van der Waals surface area contributed by atoms with Crippen LogP contribution in [0.5, 0.6) is 0 Å². The monoisotopic (exact) mass is 764 g/mol. The highest BCUT2D eigenvalue weighted by atomic mass is 15.1. The van der Waals surface area contributed by atoms with Crippen LogP contribution in [-0.4, -0.2) is 4.57 Å². The lowest BCUT2D eigenvalue weighted by atomic mass is 9.94. The molecule has 11 aromatic rings. The smallest absolute Gasteiger partial charge is 0.0541 e. The number of rotatable bonds is 8. The van der Waals surface area contributed by atoms with Crippen LogP contribution < -0.4 is 4.90 Å². The molecule has 0 N–H and O–H groups in total. The van der Waals surface area contributed by atoms with Crippen molar-refractivity contribution in [2.45, 2.75) is 0 Å². The van der Waals surface area contributed by atoms with Gasteiger partial charge in [0.05, 0.1) is 16.7 Å². The highest BCUT2D eigenvalue weighted by Crippen LogP contribution is 2.42. The Balaban J connectivity index is 1.04. The zero-order valence-corrected chi connectivity index (χ0v) is 33.0. The van der Waals surface area contributed by atoms with Crippen LogP contribution in [0.1, 0.15) is 0 Å². The van der Waals surface area contributed by atoms with Crippen LogP contribution in [0.4, 0.5) is 17.1 Å². The Kier molecular flexibility index (Phi) is 8.87. The number of nitrogens with zero attached hydrogens (tertiary/aromatic N) is 2. The fraction of sp³-hybridized carbons (Fsp3) is 0. The van der Waals surface area contributed by atoms with Crippen LogP contribution in [0.15, 0.2) is 243 Å². The van der Waals surface area contributed by atoms with E-state index in [-0.39, 0.29) is 0 Å². The fourth-order valence-corrected chi connectivity index (χ4v) is 8.93. The van der Waals surface area contributed by atoms with Crippen molar-refractivity contribution < 1.29 is 0 Å². The molecule has 0 saturated carbocycles. The molecule has 11 rings (SSSR count). The first-order valence-electron chi connectivity index (χ1n) is 20.6. The molecule has 282 valence electrons. The van der Waals surface area contributed by atoms with Crippen molar-refractivity contribution in [3.63, 3.8) is 0 Å². The van der Waals surface area contributed by atoms with Crippen molar-refractivity contribution in [1.82, 2.24) is 4.57 Å². The Morgan fingerprint density at radius 3 is 1.32 bits per heavy atom. The summed E-state index contributed by atoms with van der Waals surface area (Å²) in [6.07, 6.45) is 0. The van der Waals surface area contributed by atoms with Gasteiger partial charge in [-0.15, -0.1) is 0 Å². The molecule has 0 aliphatic heterocycles. The lowest BCUT2D eigenvalue weighted by Crippen LogP contribution is -2.10. The molecule has 1 aromatic heterocycles. The van der Waals surface area contributed by atoms with Crippen molar-refractivity contribution >= 4 is 49.6 Å². The second kappa shape index (κ2) is 15.1. The Morgan fingerprint density at radius 2 is 0.717 bits per heavy atom. The summed E-state index contributed by atoms with van der Waals surface area (Å²) in [5.74, 6) is 0. The van der Waals surface area contributed by atoms with Crippen molar-refractivity contribution in [2.24, 2.45) is 0 Å². The maximum atomic E-state index is 2.42. The molecular formula is C58H40N2. The van der Waals surface area contributed by atoms with Crippen LogP contribution in [-0.2, 0) is 0 Å². The zero-order valence-electron chi connectivity index (χ0n) is 33.0. The Hall–Kier alpha value is -7.94. The van der Waals surface area contributed by atoms with Gasteiger partial charge in [-0.1, -0.05) is 182 Å². The van der Waals surface area contributed by atoms with E-state index in [0.717, 1.165) is 33.9 Å². The van der Waals surface area contributed by atoms with Gasteiger partial charge in [0.1, 0.15) is 0 Å². The molecule has 0 atom stereocenters. The summed E-state index contributed by atoms with van der Waals surface area (Å²) >= 11 is 0. The highest BCUT2D eigenvalue weighted by Gasteiger charge is 2.18.